The molecule has 0 saturated carbocycles. The van der Waals surface area contributed by atoms with Crippen LogP contribution in [0.4, 0.5) is 0 Å². The van der Waals surface area contributed by atoms with Crippen LogP contribution in [0.25, 0.3) is 0 Å². The molecule has 0 spiro atoms. The van der Waals surface area contributed by atoms with Gasteiger partial charge >= 0.3 is 6.19 Å². The van der Waals surface area contributed by atoms with E-state index in [-0.39, 0.29) is 25.3 Å². The first-order valence-electron chi connectivity index (χ1n) is 3.70. The van der Waals surface area contributed by atoms with Gasteiger partial charge in [-0.05, 0) is 13.8 Å². The molecule has 0 aliphatic carbocycles. The predicted octanol–water partition coefficient (Wildman–Crippen LogP) is 0.589. The minimum atomic E-state index is -0.775. The molecule has 0 amide bonds. The summed E-state index contributed by atoms with van der Waals surface area (Å²) < 4.78 is 4.54. The molecule has 4 nitrogen and oxygen atoms in total. The van der Waals surface area contributed by atoms with Crippen molar-refractivity contribution in [3.8, 4) is 6.19 Å². The summed E-state index contributed by atoms with van der Waals surface area (Å²) in [5, 5.41) is 19.9. The fourth-order valence-electron chi connectivity index (χ4n) is 1.47. The van der Waals surface area contributed by atoms with Crippen LogP contribution in [0.1, 0.15) is 13.8 Å². The molecule has 0 radical (unpaired) electrons. The van der Waals surface area contributed by atoms with Crippen molar-refractivity contribution in [1.29, 1.82) is 5.26 Å². The maximum absolute atomic E-state index is 11.4. The lowest BCUT2D eigenvalue weighted by molar-refractivity contribution is -0.832. The maximum atomic E-state index is 11.4. The summed E-state index contributed by atoms with van der Waals surface area (Å²) in [6, 6.07) is 0. The Kier molecular flexibility index (Phi) is 2.14. The van der Waals surface area contributed by atoms with Crippen molar-refractivity contribution in [2.75, 3.05) is 13.1 Å². The molecular weight excluding hydrogens is 144 g/mol. The summed E-state index contributed by atoms with van der Waals surface area (Å²) in [5.74, 6) is 0. The van der Waals surface area contributed by atoms with Crippen LogP contribution in [0.2, 0.25) is 0 Å². The van der Waals surface area contributed by atoms with Crippen molar-refractivity contribution in [2.45, 2.75) is 26.1 Å². The standard InChI is InChI=1S/C7H12N2O2/c1-6-3-9(10,5-8)4-7(2)11-6/h6-7H,3-4H2,1-2H3. The molecule has 0 N–H and O–H groups in total. The van der Waals surface area contributed by atoms with Crippen LogP contribution in [0.15, 0.2) is 0 Å². The van der Waals surface area contributed by atoms with Crippen molar-refractivity contribution in [3.05, 3.63) is 5.21 Å². The summed E-state index contributed by atoms with van der Waals surface area (Å²) in [4.78, 5) is 0. The second-order valence-electron chi connectivity index (χ2n) is 3.11. The zero-order valence-electron chi connectivity index (χ0n) is 6.78. The number of rotatable bonds is 0. The molecule has 0 aromatic rings. The summed E-state index contributed by atoms with van der Waals surface area (Å²) in [7, 11) is 0. The van der Waals surface area contributed by atoms with Crippen LogP contribution in [0.3, 0.4) is 0 Å². The van der Waals surface area contributed by atoms with Crippen LogP contribution < -0.4 is 0 Å². The van der Waals surface area contributed by atoms with E-state index < -0.39 is 4.65 Å². The third kappa shape index (κ3) is 1.90. The van der Waals surface area contributed by atoms with Gasteiger partial charge in [-0.3, -0.25) is 4.65 Å². The molecule has 1 rings (SSSR count). The second kappa shape index (κ2) is 2.78. The molecular formula is C7H12N2O2. The van der Waals surface area contributed by atoms with Gasteiger partial charge in [0.1, 0.15) is 25.3 Å². The van der Waals surface area contributed by atoms with Crippen LogP contribution in [0.5, 0.6) is 0 Å². The molecule has 0 bridgehead atoms. The van der Waals surface area contributed by atoms with Crippen LogP contribution in [0, 0.1) is 16.7 Å². The van der Waals surface area contributed by atoms with E-state index >= 15 is 0 Å². The lowest BCUT2D eigenvalue weighted by Crippen LogP contribution is -2.53. The number of quaternary nitrogens is 1. The van der Waals surface area contributed by atoms with Crippen molar-refractivity contribution in [2.24, 2.45) is 0 Å². The quantitative estimate of drug-likeness (QED) is 0.293. The number of nitriles is 1. The Bertz CT molecular complexity index is 177. The van der Waals surface area contributed by atoms with Gasteiger partial charge in [-0.2, -0.15) is 0 Å². The number of hydroxylamine groups is 3. The van der Waals surface area contributed by atoms with E-state index in [1.807, 2.05) is 13.8 Å². The van der Waals surface area contributed by atoms with E-state index in [4.69, 9.17) is 10.00 Å². The fraction of sp³-hybridized carbons (Fsp3) is 0.857. The lowest BCUT2D eigenvalue weighted by Gasteiger charge is -2.41. The van der Waals surface area contributed by atoms with E-state index in [1.54, 1.807) is 6.19 Å². The zero-order valence-corrected chi connectivity index (χ0v) is 6.78. The van der Waals surface area contributed by atoms with Crippen LogP contribution >= 0.6 is 0 Å². The highest BCUT2D eigenvalue weighted by molar-refractivity contribution is 4.70. The molecule has 1 aliphatic rings. The highest BCUT2D eigenvalue weighted by Gasteiger charge is 2.31. The first kappa shape index (κ1) is 8.47. The Morgan fingerprint density at radius 3 is 2.27 bits per heavy atom. The zero-order chi connectivity index (χ0) is 8.48. The van der Waals surface area contributed by atoms with Crippen molar-refractivity contribution in [3.63, 3.8) is 0 Å². The monoisotopic (exact) mass is 156 g/mol. The summed E-state index contributed by atoms with van der Waals surface area (Å²) in [6.45, 7) is 4.14. The van der Waals surface area contributed by atoms with Gasteiger partial charge in [0.2, 0.25) is 0 Å². The third-order valence-electron chi connectivity index (χ3n) is 1.75. The van der Waals surface area contributed by atoms with E-state index in [2.05, 4.69) is 0 Å². The van der Waals surface area contributed by atoms with E-state index in [0.29, 0.717) is 0 Å². The summed E-state index contributed by atoms with van der Waals surface area (Å²) >= 11 is 0. The van der Waals surface area contributed by atoms with Gasteiger partial charge in [-0.25, -0.2) is 0 Å². The Morgan fingerprint density at radius 2 is 1.91 bits per heavy atom. The van der Waals surface area contributed by atoms with Gasteiger partial charge in [-0.15, -0.1) is 5.26 Å². The highest BCUT2D eigenvalue weighted by atomic mass is 16.6. The molecule has 0 aromatic carbocycles. The van der Waals surface area contributed by atoms with Gasteiger partial charge in [0.25, 0.3) is 0 Å². The molecule has 4 heteroatoms. The van der Waals surface area contributed by atoms with E-state index in [0.717, 1.165) is 0 Å². The average Bonchev–Trinajstić information content (AvgIpc) is 1.84. The van der Waals surface area contributed by atoms with Crippen molar-refractivity contribution >= 4 is 0 Å². The predicted molar refractivity (Wildman–Crippen MR) is 39.0 cm³/mol. The average molecular weight is 156 g/mol. The minimum absolute atomic E-state index is 0.101. The molecule has 62 valence electrons. The maximum Gasteiger partial charge on any atom is 0.309 e. The van der Waals surface area contributed by atoms with Gasteiger partial charge < -0.3 is 9.94 Å². The van der Waals surface area contributed by atoms with E-state index in [1.165, 1.54) is 0 Å². The van der Waals surface area contributed by atoms with Gasteiger partial charge in [0, 0.05) is 0 Å². The molecule has 1 saturated heterocycles. The first-order chi connectivity index (χ1) is 5.06. The Labute approximate surface area is 66.1 Å². The molecule has 2 unspecified atom stereocenters. The summed E-state index contributed by atoms with van der Waals surface area (Å²) in [5.41, 5.74) is 0. The fourth-order valence-corrected chi connectivity index (χ4v) is 1.47. The highest BCUT2D eigenvalue weighted by Crippen LogP contribution is 2.16. The SMILES string of the molecule is CC1C[N+]([O-])(C#N)CC(C)O1. The van der Waals surface area contributed by atoms with Crippen molar-refractivity contribution < 1.29 is 9.38 Å². The summed E-state index contributed by atoms with van der Waals surface area (Å²) in [6.07, 6.45) is 1.54. The number of ether oxygens (including phenoxy) is 1. The third-order valence-corrected chi connectivity index (χ3v) is 1.75. The first-order valence-corrected chi connectivity index (χ1v) is 3.70. The van der Waals surface area contributed by atoms with Gasteiger partial charge in [0.15, 0.2) is 0 Å². The van der Waals surface area contributed by atoms with Crippen LogP contribution in [-0.2, 0) is 4.74 Å². The molecule has 1 fully saturated rings. The molecule has 11 heavy (non-hydrogen) atoms. The second-order valence-corrected chi connectivity index (χ2v) is 3.11. The number of hydrogen-bond donors (Lipinski definition) is 0. The smallest absolute Gasteiger partial charge is 0.309 e. The molecule has 1 heterocycles. The number of hydrogen-bond acceptors (Lipinski definition) is 3. The normalized spacial score (nSPS) is 44.9. The number of nitrogens with zero attached hydrogens (tertiary/aromatic N) is 2. The topological polar surface area (TPSA) is 56.1 Å². The molecule has 2 atom stereocenters. The molecule has 1 aliphatic heterocycles. The minimum Gasteiger partial charge on any atom is -0.617 e. The van der Waals surface area contributed by atoms with Crippen LogP contribution in [-0.4, -0.2) is 29.9 Å². The van der Waals surface area contributed by atoms with Crippen molar-refractivity contribution in [1.82, 2.24) is 0 Å². The number of morpholine rings is 1. The largest absolute Gasteiger partial charge is 0.617 e. The Balaban J connectivity index is 2.64. The van der Waals surface area contributed by atoms with Gasteiger partial charge in [-0.1, -0.05) is 0 Å². The molecule has 0 aromatic heterocycles. The Morgan fingerprint density at radius 1 is 1.45 bits per heavy atom. The lowest BCUT2D eigenvalue weighted by atomic mass is 10.2. The van der Waals surface area contributed by atoms with Gasteiger partial charge in [0.05, 0.1) is 0 Å². The Hall–Kier alpha value is -0.630. The van der Waals surface area contributed by atoms with E-state index in [9.17, 15) is 5.21 Å².